The van der Waals surface area contributed by atoms with Gasteiger partial charge < -0.3 is 9.53 Å². The molecule has 0 aliphatic carbocycles. The van der Waals surface area contributed by atoms with Crippen LogP contribution in [0.5, 0.6) is 0 Å². The average Bonchev–Trinajstić information content (AvgIpc) is 2.43. The first-order valence-electron chi connectivity index (χ1n) is 9.37. The molecule has 24 heavy (non-hydrogen) atoms. The summed E-state index contributed by atoms with van der Waals surface area (Å²) in [5.41, 5.74) is 0. The first-order chi connectivity index (χ1) is 11.2. The van der Waals surface area contributed by atoms with Gasteiger partial charge in [-0.15, -0.1) is 0 Å². The number of carbonyl (C=O) groups excluding carboxylic acids is 3. The van der Waals surface area contributed by atoms with Crippen LogP contribution in [0.4, 0.5) is 0 Å². The summed E-state index contributed by atoms with van der Waals surface area (Å²) in [4.78, 5) is 34.1. The third-order valence-corrected chi connectivity index (χ3v) is 5.65. The largest absolute Gasteiger partial charge is 0.466 e. The Morgan fingerprint density at radius 3 is 1.79 bits per heavy atom. The highest BCUT2D eigenvalue weighted by molar-refractivity contribution is 6.76. The molecule has 0 unspecified atom stereocenters. The van der Waals surface area contributed by atoms with E-state index in [1.807, 2.05) is 0 Å². The van der Waals surface area contributed by atoms with Crippen molar-refractivity contribution in [3.05, 3.63) is 0 Å². The van der Waals surface area contributed by atoms with Gasteiger partial charge in [0.15, 0.2) is 0 Å². The van der Waals surface area contributed by atoms with Gasteiger partial charge in [-0.05, 0) is 25.8 Å². The second-order valence-electron chi connectivity index (χ2n) is 7.92. The lowest BCUT2D eigenvalue weighted by molar-refractivity contribution is -0.145. The first kappa shape index (κ1) is 23.0. The van der Waals surface area contributed by atoms with Crippen molar-refractivity contribution in [3.8, 4) is 0 Å². The van der Waals surface area contributed by atoms with Crippen LogP contribution in [-0.4, -0.2) is 32.2 Å². The number of esters is 1. The Kier molecular flexibility index (Phi) is 12.8. The quantitative estimate of drug-likeness (QED) is 0.181. The highest BCUT2D eigenvalue weighted by Crippen LogP contribution is 2.11. The fourth-order valence-electron chi connectivity index (χ4n) is 2.35. The summed E-state index contributed by atoms with van der Waals surface area (Å²) >= 11 is 0. The van der Waals surface area contributed by atoms with E-state index in [1.165, 1.54) is 0 Å². The van der Waals surface area contributed by atoms with Crippen LogP contribution in [0.2, 0.25) is 25.7 Å². The van der Waals surface area contributed by atoms with Crippen LogP contribution >= 0.6 is 0 Å². The molecule has 0 fully saturated rings. The molecule has 0 amide bonds. The number of carbonyl (C=O) groups is 3. The van der Waals surface area contributed by atoms with Crippen molar-refractivity contribution in [3.63, 3.8) is 0 Å². The molecule has 5 heteroatoms. The molecule has 0 radical (unpaired) electrons. The molecule has 0 aromatic heterocycles. The summed E-state index contributed by atoms with van der Waals surface area (Å²) in [6, 6.07) is 0.944. The van der Waals surface area contributed by atoms with Gasteiger partial charge in [-0.3, -0.25) is 9.59 Å². The molecule has 0 spiro atoms. The van der Waals surface area contributed by atoms with Crippen molar-refractivity contribution in [2.45, 2.75) is 96.8 Å². The molecule has 0 saturated carbocycles. The normalized spacial score (nSPS) is 11.3. The Morgan fingerprint density at radius 2 is 1.29 bits per heavy atom. The zero-order valence-electron chi connectivity index (χ0n) is 16.1. The van der Waals surface area contributed by atoms with Gasteiger partial charge in [0.1, 0.15) is 18.0 Å². The lowest BCUT2D eigenvalue weighted by Crippen LogP contribution is -2.23. The summed E-state index contributed by atoms with van der Waals surface area (Å²) in [6.07, 6.45) is 8.53. The number of Topliss-reactive ketones (excluding diaryl/α,β-unsaturated/α-hetero) is 2. The number of hydrogen-bond donors (Lipinski definition) is 0. The van der Waals surface area contributed by atoms with Crippen molar-refractivity contribution >= 4 is 25.6 Å². The molecule has 0 heterocycles. The second kappa shape index (κ2) is 13.3. The van der Waals surface area contributed by atoms with Gasteiger partial charge in [0.25, 0.3) is 0 Å². The first-order valence-corrected chi connectivity index (χ1v) is 13.1. The Morgan fingerprint density at radius 1 is 0.792 bits per heavy atom. The van der Waals surface area contributed by atoms with Crippen molar-refractivity contribution in [2.75, 3.05) is 6.61 Å². The van der Waals surface area contributed by atoms with E-state index in [-0.39, 0.29) is 24.0 Å². The van der Waals surface area contributed by atoms with E-state index in [9.17, 15) is 14.4 Å². The molecule has 0 aliphatic rings. The van der Waals surface area contributed by atoms with E-state index in [0.717, 1.165) is 51.0 Å². The molecule has 0 saturated heterocycles. The molecule has 0 rings (SSSR count). The summed E-state index contributed by atoms with van der Waals surface area (Å²) in [5, 5.41) is 0. The predicted octanol–water partition coefficient (Wildman–Crippen LogP) is 4.93. The SMILES string of the molecule is CC(=O)CCCCCCCCCC(=O)CC(=O)OCC[Si](C)(C)C. The van der Waals surface area contributed by atoms with Crippen LogP contribution in [0.15, 0.2) is 0 Å². The number of unbranched alkanes of at least 4 members (excludes halogenated alkanes) is 6. The maximum Gasteiger partial charge on any atom is 0.313 e. The van der Waals surface area contributed by atoms with Gasteiger partial charge in [-0.2, -0.15) is 0 Å². The average molecular weight is 357 g/mol. The molecule has 0 aliphatic heterocycles. The lowest BCUT2D eigenvalue weighted by Gasteiger charge is -2.15. The molecule has 4 nitrogen and oxygen atoms in total. The molecule has 0 aromatic carbocycles. The molecule has 0 bridgehead atoms. The topological polar surface area (TPSA) is 60.4 Å². The van der Waals surface area contributed by atoms with Crippen LogP contribution in [0, 0.1) is 0 Å². The molecule has 0 atom stereocenters. The smallest absolute Gasteiger partial charge is 0.313 e. The minimum Gasteiger partial charge on any atom is -0.466 e. The van der Waals surface area contributed by atoms with E-state index >= 15 is 0 Å². The highest BCUT2D eigenvalue weighted by Gasteiger charge is 2.15. The van der Waals surface area contributed by atoms with Gasteiger partial charge in [-0.1, -0.05) is 51.7 Å². The standard InChI is InChI=1S/C19H36O4Si/c1-17(20)12-10-8-6-5-7-9-11-13-18(21)16-19(22)23-14-15-24(2,3)4/h5-16H2,1-4H3. The Labute approximate surface area is 148 Å². The third-order valence-electron chi connectivity index (χ3n) is 3.94. The van der Waals surface area contributed by atoms with Crippen LogP contribution < -0.4 is 0 Å². The minimum atomic E-state index is -1.19. The van der Waals surface area contributed by atoms with Crippen molar-refractivity contribution in [1.82, 2.24) is 0 Å². The maximum absolute atomic E-state index is 11.7. The van der Waals surface area contributed by atoms with Crippen LogP contribution in [0.3, 0.4) is 0 Å². The lowest BCUT2D eigenvalue weighted by atomic mass is 10.0. The molecule has 0 N–H and O–H groups in total. The van der Waals surface area contributed by atoms with E-state index in [0.29, 0.717) is 19.4 Å². The fourth-order valence-corrected chi connectivity index (χ4v) is 3.07. The van der Waals surface area contributed by atoms with E-state index in [1.54, 1.807) is 6.92 Å². The predicted molar refractivity (Wildman–Crippen MR) is 101 cm³/mol. The highest BCUT2D eigenvalue weighted by atomic mass is 28.3. The Bertz CT molecular complexity index is 385. The fraction of sp³-hybridized carbons (Fsp3) is 0.842. The van der Waals surface area contributed by atoms with E-state index < -0.39 is 8.07 Å². The molecule has 0 aromatic rings. The van der Waals surface area contributed by atoms with Gasteiger partial charge in [0.2, 0.25) is 0 Å². The van der Waals surface area contributed by atoms with Gasteiger partial charge >= 0.3 is 5.97 Å². The summed E-state index contributed by atoms with van der Waals surface area (Å²) in [7, 11) is -1.19. The summed E-state index contributed by atoms with van der Waals surface area (Å²) < 4.78 is 5.14. The van der Waals surface area contributed by atoms with E-state index in [4.69, 9.17) is 4.74 Å². The number of ether oxygens (including phenoxy) is 1. The van der Waals surface area contributed by atoms with Crippen LogP contribution in [0.1, 0.15) is 71.1 Å². The van der Waals surface area contributed by atoms with Crippen LogP contribution in [-0.2, 0) is 19.1 Å². The van der Waals surface area contributed by atoms with Crippen molar-refractivity contribution in [2.24, 2.45) is 0 Å². The third kappa shape index (κ3) is 17.4. The zero-order valence-corrected chi connectivity index (χ0v) is 17.1. The molecular formula is C19H36O4Si. The molecular weight excluding hydrogens is 320 g/mol. The second-order valence-corrected chi connectivity index (χ2v) is 13.5. The monoisotopic (exact) mass is 356 g/mol. The summed E-state index contributed by atoms with van der Waals surface area (Å²) in [5.74, 6) is -0.106. The molecule has 140 valence electrons. The maximum atomic E-state index is 11.7. The number of hydrogen-bond acceptors (Lipinski definition) is 4. The van der Waals surface area contributed by atoms with Gasteiger partial charge in [0, 0.05) is 20.9 Å². The number of ketones is 2. The zero-order chi connectivity index (χ0) is 18.4. The van der Waals surface area contributed by atoms with E-state index in [2.05, 4.69) is 19.6 Å². The Hall–Kier alpha value is -0.973. The Balaban J connectivity index is 3.46. The number of rotatable bonds is 15. The summed E-state index contributed by atoms with van der Waals surface area (Å²) in [6.45, 7) is 8.78. The van der Waals surface area contributed by atoms with Crippen LogP contribution in [0.25, 0.3) is 0 Å². The van der Waals surface area contributed by atoms with Crippen molar-refractivity contribution < 1.29 is 19.1 Å². The van der Waals surface area contributed by atoms with Gasteiger partial charge in [-0.25, -0.2) is 0 Å². The minimum absolute atomic E-state index is 0.00513. The van der Waals surface area contributed by atoms with Crippen molar-refractivity contribution in [1.29, 1.82) is 0 Å². The van der Waals surface area contributed by atoms with Gasteiger partial charge in [0.05, 0.1) is 6.61 Å².